The van der Waals surface area contributed by atoms with Crippen molar-refractivity contribution in [3.63, 3.8) is 0 Å². The summed E-state index contributed by atoms with van der Waals surface area (Å²) in [6.07, 6.45) is 1.18. The van der Waals surface area contributed by atoms with Crippen molar-refractivity contribution in [1.82, 2.24) is 9.62 Å². The highest BCUT2D eigenvalue weighted by atomic mass is 32.2. The van der Waals surface area contributed by atoms with Gasteiger partial charge in [0.2, 0.25) is 5.91 Å². The lowest BCUT2D eigenvalue weighted by Crippen LogP contribution is -2.49. The molecular weight excluding hydrogens is 449 g/mol. The van der Waals surface area contributed by atoms with Crippen molar-refractivity contribution in [3.8, 4) is 11.5 Å². The van der Waals surface area contributed by atoms with E-state index in [1.54, 1.807) is 19.2 Å². The van der Waals surface area contributed by atoms with Crippen LogP contribution in [0.1, 0.15) is 25.3 Å². The summed E-state index contributed by atoms with van der Waals surface area (Å²) in [6.45, 7) is 3.11. The zero-order chi connectivity index (χ0) is 24.0. The van der Waals surface area contributed by atoms with Gasteiger partial charge in [-0.3, -0.25) is 9.10 Å². The Kier molecular flexibility index (Phi) is 8.15. The van der Waals surface area contributed by atoms with Crippen LogP contribution in [0.3, 0.4) is 0 Å². The highest BCUT2D eigenvalue weighted by molar-refractivity contribution is 7.90. The number of halogens is 1. The summed E-state index contributed by atoms with van der Waals surface area (Å²) in [5, 5.41) is 2.90. The highest BCUT2D eigenvalue weighted by Crippen LogP contribution is 2.28. The van der Waals surface area contributed by atoms with Crippen molar-refractivity contribution in [2.24, 2.45) is 5.92 Å². The molecule has 2 aromatic rings. The average Bonchev–Trinajstić information content (AvgIpc) is 2.83. The molecule has 0 spiro atoms. The maximum Gasteiger partial charge on any atom is 0.303 e. The van der Waals surface area contributed by atoms with Crippen LogP contribution in [0.2, 0.25) is 0 Å². The van der Waals surface area contributed by atoms with Crippen LogP contribution >= 0.6 is 0 Å². The topological polar surface area (TPSA) is 88.2 Å². The summed E-state index contributed by atoms with van der Waals surface area (Å²) in [6, 6.07) is 10.7. The molecule has 180 valence electrons. The highest BCUT2D eigenvalue weighted by Gasteiger charge is 2.34. The van der Waals surface area contributed by atoms with E-state index in [-0.39, 0.29) is 12.5 Å². The van der Waals surface area contributed by atoms with Gasteiger partial charge < -0.3 is 14.8 Å². The third kappa shape index (κ3) is 5.94. The summed E-state index contributed by atoms with van der Waals surface area (Å²) in [7, 11) is -0.869. The number of carbonyl (C=O) groups excluding carboxylic acids is 1. The Morgan fingerprint density at radius 2 is 1.94 bits per heavy atom. The smallest absolute Gasteiger partial charge is 0.303 e. The summed E-state index contributed by atoms with van der Waals surface area (Å²) in [5.41, 5.74) is 1.20. The van der Waals surface area contributed by atoms with Gasteiger partial charge in [0.15, 0.2) is 11.5 Å². The van der Waals surface area contributed by atoms with E-state index >= 15 is 0 Å². The first-order valence-electron chi connectivity index (χ1n) is 10.8. The average molecular weight is 480 g/mol. The number of hydrogen-bond donors (Lipinski definition) is 1. The number of methoxy groups -OCH3 is 1. The van der Waals surface area contributed by atoms with E-state index < -0.39 is 21.9 Å². The van der Waals surface area contributed by atoms with E-state index in [4.69, 9.17) is 9.47 Å². The first-order valence-corrected chi connectivity index (χ1v) is 12.2. The molecule has 2 aromatic carbocycles. The number of carbonyl (C=O) groups is 1. The van der Waals surface area contributed by atoms with Gasteiger partial charge in [-0.1, -0.05) is 6.07 Å². The number of hydrogen-bond acceptors (Lipinski definition) is 5. The molecule has 1 fully saturated rings. The van der Waals surface area contributed by atoms with Crippen molar-refractivity contribution in [1.29, 1.82) is 0 Å². The van der Waals surface area contributed by atoms with Crippen LogP contribution < -0.4 is 19.1 Å². The molecule has 1 unspecified atom stereocenters. The Balaban J connectivity index is 1.62. The number of piperidine rings is 1. The second-order valence-electron chi connectivity index (χ2n) is 7.78. The molecular formula is C23H30FN3O5S. The molecule has 10 heteroatoms. The molecule has 8 nitrogen and oxygen atoms in total. The minimum Gasteiger partial charge on any atom is -0.493 e. The minimum absolute atomic E-state index is 0.0896. The van der Waals surface area contributed by atoms with Crippen LogP contribution in [0.15, 0.2) is 42.5 Å². The fourth-order valence-electron chi connectivity index (χ4n) is 3.75. The lowest BCUT2D eigenvalue weighted by Gasteiger charge is -2.34. The third-order valence-corrected chi connectivity index (χ3v) is 7.50. The largest absolute Gasteiger partial charge is 0.493 e. The van der Waals surface area contributed by atoms with E-state index in [1.165, 1.54) is 35.6 Å². The molecule has 1 aliphatic heterocycles. The lowest BCUT2D eigenvalue weighted by molar-refractivity contribution is -0.126. The molecule has 33 heavy (non-hydrogen) atoms. The molecule has 1 atom stereocenters. The Labute approximate surface area is 194 Å². The molecule has 0 aromatic heterocycles. The number of amides is 1. The first kappa shape index (κ1) is 24.8. The predicted molar refractivity (Wildman–Crippen MR) is 124 cm³/mol. The van der Waals surface area contributed by atoms with Gasteiger partial charge >= 0.3 is 10.2 Å². The lowest BCUT2D eigenvalue weighted by atomic mass is 9.98. The molecule has 0 radical (unpaired) electrons. The second kappa shape index (κ2) is 10.8. The monoisotopic (exact) mass is 479 g/mol. The molecule has 1 amide bonds. The number of nitrogens with zero attached hydrogens (tertiary/aromatic N) is 2. The van der Waals surface area contributed by atoms with Gasteiger partial charge in [-0.15, -0.1) is 0 Å². The molecule has 0 aliphatic carbocycles. The third-order valence-electron chi connectivity index (χ3n) is 5.61. The molecule has 0 saturated carbocycles. The second-order valence-corrected chi connectivity index (χ2v) is 9.74. The maximum atomic E-state index is 13.2. The molecule has 1 N–H and O–H groups in total. The van der Waals surface area contributed by atoms with E-state index in [2.05, 4.69) is 5.32 Å². The van der Waals surface area contributed by atoms with E-state index in [0.29, 0.717) is 49.7 Å². The molecule has 1 aliphatic rings. The van der Waals surface area contributed by atoms with Gasteiger partial charge in [-0.25, -0.2) is 4.39 Å². The van der Waals surface area contributed by atoms with E-state index in [9.17, 15) is 17.6 Å². The fraction of sp³-hybridized carbons (Fsp3) is 0.435. The molecule has 1 heterocycles. The summed E-state index contributed by atoms with van der Waals surface area (Å²) in [4.78, 5) is 12.8. The van der Waals surface area contributed by atoms with Gasteiger partial charge in [0.05, 0.1) is 25.3 Å². The van der Waals surface area contributed by atoms with Gasteiger partial charge in [-0.05, 0) is 61.7 Å². The van der Waals surface area contributed by atoms with Crippen LogP contribution in [0.5, 0.6) is 11.5 Å². The Bertz CT molecular complexity index is 1060. The Morgan fingerprint density at radius 3 is 2.61 bits per heavy atom. The summed E-state index contributed by atoms with van der Waals surface area (Å²) >= 11 is 0. The normalized spacial score (nSPS) is 16.8. The van der Waals surface area contributed by atoms with Crippen LogP contribution in [-0.4, -0.2) is 52.5 Å². The standard InChI is InChI=1S/C23H30FN3O5S/c1-4-32-21-12-7-17(14-22(21)31-3)15-25-23(28)18-6-5-13-27(16-18)33(29,30)26(2)20-10-8-19(24)9-11-20/h7-12,14,18H,4-6,13,15-16H2,1-3H3,(H,25,28). The molecule has 1 saturated heterocycles. The minimum atomic E-state index is -3.85. The SMILES string of the molecule is CCOc1ccc(CNC(=O)C2CCCN(S(=O)(=O)N(C)c3ccc(F)cc3)C2)cc1OC. The van der Waals surface area contributed by atoms with Crippen molar-refractivity contribution in [3.05, 3.63) is 53.8 Å². The molecule has 0 bridgehead atoms. The number of rotatable bonds is 9. The molecule has 3 rings (SSSR count). The Hall–Kier alpha value is -2.85. The first-order chi connectivity index (χ1) is 15.8. The van der Waals surface area contributed by atoms with Gasteiger partial charge in [0.25, 0.3) is 0 Å². The zero-order valence-electron chi connectivity index (χ0n) is 19.1. The van der Waals surface area contributed by atoms with Crippen LogP contribution in [0, 0.1) is 11.7 Å². The van der Waals surface area contributed by atoms with Crippen molar-refractivity contribution >= 4 is 21.8 Å². The van der Waals surface area contributed by atoms with Gasteiger partial charge in [0.1, 0.15) is 5.82 Å². The van der Waals surface area contributed by atoms with E-state index in [1.807, 2.05) is 13.0 Å². The number of benzene rings is 2. The van der Waals surface area contributed by atoms with Crippen LogP contribution in [0.25, 0.3) is 0 Å². The van der Waals surface area contributed by atoms with Crippen molar-refractivity contribution < 1.29 is 27.1 Å². The zero-order valence-corrected chi connectivity index (χ0v) is 19.9. The van der Waals surface area contributed by atoms with Crippen molar-refractivity contribution in [2.45, 2.75) is 26.3 Å². The van der Waals surface area contributed by atoms with Crippen LogP contribution in [-0.2, 0) is 21.5 Å². The fourth-order valence-corrected chi connectivity index (χ4v) is 5.22. The van der Waals surface area contributed by atoms with Gasteiger partial charge in [0, 0.05) is 26.7 Å². The van der Waals surface area contributed by atoms with Crippen LogP contribution in [0.4, 0.5) is 10.1 Å². The Morgan fingerprint density at radius 1 is 1.21 bits per heavy atom. The number of ether oxygens (including phenoxy) is 2. The predicted octanol–water partition coefficient (Wildman–Crippen LogP) is 2.94. The number of nitrogens with one attached hydrogen (secondary N) is 1. The van der Waals surface area contributed by atoms with Gasteiger partial charge in [-0.2, -0.15) is 12.7 Å². The summed E-state index contributed by atoms with van der Waals surface area (Å²) in [5.74, 6) is 0.118. The quantitative estimate of drug-likeness (QED) is 0.598. The summed E-state index contributed by atoms with van der Waals surface area (Å²) < 4.78 is 52.6. The maximum absolute atomic E-state index is 13.2. The number of anilines is 1. The van der Waals surface area contributed by atoms with Crippen molar-refractivity contribution in [2.75, 3.05) is 38.2 Å². The van der Waals surface area contributed by atoms with E-state index in [0.717, 1.165) is 9.87 Å².